The van der Waals surface area contributed by atoms with Gasteiger partial charge in [0.25, 0.3) is 5.69 Å². The van der Waals surface area contributed by atoms with Crippen molar-refractivity contribution in [3.63, 3.8) is 0 Å². The number of ether oxygens (including phenoxy) is 2. The molecule has 176 valence electrons. The molecule has 2 aromatic carbocycles. The Kier molecular flexibility index (Phi) is 5.32. The minimum atomic E-state index is -0.864. The standard InChI is InChI=1S/C24H23N3O7/c1-33-15-8-5-13(6-9-15)22(28)21-20-19(16-4-3-11-25(16)21)23(29)26(24(20)30)17-12-14(27(31)32)7-10-18(17)34-2/h5-10,12,16,19-21H,3-4,11H2,1-2H3/t16-,19-,20-,21+/m0/s1. The van der Waals surface area contributed by atoms with Gasteiger partial charge in [0.2, 0.25) is 11.8 Å². The number of anilines is 1. The zero-order valence-corrected chi connectivity index (χ0v) is 18.7. The normalized spacial score (nSPS) is 25.9. The summed E-state index contributed by atoms with van der Waals surface area (Å²) in [5, 5.41) is 11.3. The van der Waals surface area contributed by atoms with Gasteiger partial charge in [-0.15, -0.1) is 0 Å². The number of amides is 2. The van der Waals surface area contributed by atoms with Crippen LogP contribution in [0.25, 0.3) is 0 Å². The lowest BCUT2D eigenvalue weighted by molar-refractivity contribution is -0.384. The summed E-state index contributed by atoms with van der Waals surface area (Å²) >= 11 is 0. The lowest BCUT2D eigenvalue weighted by atomic mass is 9.85. The van der Waals surface area contributed by atoms with E-state index in [9.17, 15) is 24.5 Å². The molecular weight excluding hydrogens is 442 g/mol. The molecule has 3 aliphatic heterocycles. The summed E-state index contributed by atoms with van der Waals surface area (Å²) in [6.07, 6.45) is 1.52. The zero-order valence-electron chi connectivity index (χ0n) is 18.7. The van der Waals surface area contributed by atoms with E-state index in [1.165, 1.54) is 32.4 Å². The molecule has 0 aromatic heterocycles. The molecule has 2 aromatic rings. The van der Waals surface area contributed by atoms with E-state index in [1.807, 2.05) is 4.90 Å². The fraction of sp³-hybridized carbons (Fsp3) is 0.375. The Morgan fingerprint density at radius 1 is 1.03 bits per heavy atom. The lowest BCUT2D eigenvalue weighted by Gasteiger charge is -2.28. The Balaban J connectivity index is 1.56. The van der Waals surface area contributed by atoms with Gasteiger partial charge in [-0.2, -0.15) is 0 Å². The number of non-ortho nitro benzene ring substituents is 1. The predicted molar refractivity (Wildman–Crippen MR) is 120 cm³/mol. The first-order valence-corrected chi connectivity index (χ1v) is 11.0. The number of methoxy groups -OCH3 is 2. The molecule has 3 fully saturated rings. The van der Waals surface area contributed by atoms with Crippen LogP contribution in [0.15, 0.2) is 42.5 Å². The van der Waals surface area contributed by atoms with Crippen LogP contribution in [0.4, 0.5) is 11.4 Å². The molecular formula is C24H23N3O7. The van der Waals surface area contributed by atoms with E-state index in [1.54, 1.807) is 24.3 Å². The van der Waals surface area contributed by atoms with Crippen molar-refractivity contribution in [2.75, 3.05) is 25.7 Å². The summed E-state index contributed by atoms with van der Waals surface area (Å²) in [6.45, 7) is 0.630. The van der Waals surface area contributed by atoms with Gasteiger partial charge < -0.3 is 9.47 Å². The number of imide groups is 1. The van der Waals surface area contributed by atoms with Crippen molar-refractivity contribution < 1.29 is 28.8 Å². The Hall–Kier alpha value is -3.79. The first-order valence-electron chi connectivity index (χ1n) is 11.0. The summed E-state index contributed by atoms with van der Waals surface area (Å²) in [5.74, 6) is -1.98. The molecule has 0 N–H and O–H groups in total. The summed E-state index contributed by atoms with van der Waals surface area (Å²) < 4.78 is 10.5. The molecule has 0 bridgehead atoms. The molecule has 5 rings (SSSR count). The van der Waals surface area contributed by atoms with Crippen LogP contribution in [-0.2, 0) is 9.59 Å². The van der Waals surface area contributed by atoms with Crippen LogP contribution in [0.1, 0.15) is 23.2 Å². The minimum absolute atomic E-state index is 0.0290. The van der Waals surface area contributed by atoms with Gasteiger partial charge in [-0.1, -0.05) is 0 Å². The van der Waals surface area contributed by atoms with Gasteiger partial charge in [0.05, 0.1) is 37.0 Å². The van der Waals surface area contributed by atoms with E-state index >= 15 is 0 Å². The highest BCUT2D eigenvalue weighted by molar-refractivity contribution is 6.25. The molecule has 0 aliphatic carbocycles. The maximum Gasteiger partial charge on any atom is 0.271 e. The van der Waals surface area contributed by atoms with Gasteiger partial charge in [0.15, 0.2) is 5.78 Å². The first kappa shape index (κ1) is 22.0. The fourth-order valence-corrected chi connectivity index (χ4v) is 5.65. The van der Waals surface area contributed by atoms with Crippen molar-refractivity contribution in [2.24, 2.45) is 11.8 Å². The van der Waals surface area contributed by atoms with E-state index < -0.39 is 34.6 Å². The zero-order chi connectivity index (χ0) is 24.1. The highest BCUT2D eigenvalue weighted by Crippen LogP contribution is 2.50. The molecule has 0 spiro atoms. The van der Waals surface area contributed by atoms with Crippen LogP contribution in [-0.4, -0.2) is 60.3 Å². The lowest BCUT2D eigenvalue weighted by Crippen LogP contribution is -2.46. The summed E-state index contributed by atoms with van der Waals surface area (Å²) in [5.41, 5.74) is 0.201. The monoisotopic (exact) mass is 465 g/mol. The number of nitro groups is 1. The molecule has 0 unspecified atom stereocenters. The predicted octanol–water partition coefficient (Wildman–Crippen LogP) is 2.45. The van der Waals surface area contributed by atoms with E-state index in [-0.39, 0.29) is 28.9 Å². The summed E-state index contributed by atoms with van der Waals surface area (Å²) in [6, 6.07) is 9.45. The van der Waals surface area contributed by atoms with Gasteiger partial charge in [-0.25, -0.2) is 4.90 Å². The summed E-state index contributed by atoms with van der Waals surface area (Å²) in [7, 11) is 2.90. The molecule has 4 atom stereocenters. The van der Waals surface area contributed by atoms with E-state index in [0.29, 0.717) is 24.3 Å². The number of carbonyl (C=O) groups is 3. The highest BCUT2D eigenvalue weighted by atomic mass is 16.6. The molecule has 10 nitrogen and oxygen atoms in total. The quantitative estimate of drug-likeness (QED) is 0.276. The van der Waals surface area contributed by atoms with Crippen molar-refractivity contribution in [1.29, 1.82) is 0 Å². The third-order valence-electron chi connectivity index (χ3n) is 7.11. The Morgan fingerprint density at radius 2 is 1.74 bits per heavy atom. The third kappa shape index (κ3) is 3.17. The average Bonchev–Trinajstić information content (AvgIpc) is 3.50. The number of ketones is 1. The van der Waals surface area contributed by atoms with E-state index in [0.717, 1.165) is 11.3 Å². The second-order valence-electron chi connectivity index (χ2n) is 8.66. The number of nitrogens with zero attached hydrogens (tertiary/aromatic N) is 3. The smallest absolute Gasteiger partial charge is 0.271 e. The van der Waals surface area contributed by atoms with Crippen molar-refractivity contribution in [3.8, 4) is 11.5 Å². The third-order valence-corrected chi connectivity index (χ3v) is 7.11. The molecule has 3 aliphatic rings. The number of hydrogen-bond acceptors (Lipinski definition) is 8. The van der Waals surface area contributed by atoms with Crippen LogP contribution in [0.5, 0.6) is 11.5 Å². The van der Waals surface area contributed by atoms with Gasteiger partial charge in [0.1, 0.15) is 17.2 Å². The van der Waals surface area contributed by atoms with Gasteiger partial charge in [-0.05, 0) is 49.7 Å². The number of carbonyl (C=O) groups excluding carboxylic acids is 3. The second-order valence-corrected chi connectivity index (χ2v) is 8.66. The highest BCUT2D eigenvalue weighted by Gasteiger charge is 2.65. The van der Waals surface area contributed by atoms with Crippen molar-refractivity contribution in [1.82, 2.24) is 4.90 Å². The largest absolute Gasteiger partial charge is 0.497 e. The Bertz CT molecular complexity index is 1200. The average molecular weight is 465 g/mol. The molecule has 0 radical (unpaired) electrons. The number of fused-ring (bicyclic) bond motifs is 3. The number of rotatable bonds is 6. The minimum Gasteiger partial charge on any atom is -0.497 e. The number of hydrogen-bond donors (Lipinski definition) is 0. The Morgan fingerprint density at radius 3 is 2.38 bits per heavy atom. The van der Waals surface area contributed by atoms with Gasteiger partial charge >= 0.3 is 0 Å². The molecule has 3 heterocycles. The fourth-order valence-electron chi connectivity index (χ4n) is 5.65. The Labute approximate surface area is 195 Å². The van der Waals surface area contributed by atoms with Crippen LogP contribution in [0.2, 0.25) is 0 Å². The molecule has 10 heteroatoms. The number of benzene rings is 2. The van der Waals surface area contributed by atoms with Gasteiger partial charge in [0, 0.05) is 23.7 Å². The van der Waals surface area contributed by atoms with Crippen molar-refractivity contribution >= 4 is 29.0 Å². The van der Waals surface area contributed by atoms with Crippen LogP contribution in [0, 0.1) is 22.0 Å². The summed E-state index contributed by atoms with van der Waals surface area (Å²) in [4.78, 5) is 54.6. The van der Waals surface area contributed by atoms with Crippen LogP contribution in [0.3, 0.4) is 0 Å². The number of Topliss-reactive ketones (excluding diaryl/α,β-unsaturated/α-hetero) is 1. The van der Waals surface area contributed by atoms with E-state index in [4.69, 9.17) is 9.47 Å². The maximum absolute atomic E-state index is 13.7. The molecule has 34 heavy (non-hydrogen) atoms. The first-order chi connectivity index (χ1) is 16.4. The van der Waals surface area contributed by atoms with E-state index in [2.05, 4.69) is 0 Å². The van der Waals surface area contributed by atoms with Gasteiger partial charge in [-0.3, -0.25) is 29.4 Å². The topological polar surface area (TPSA) is 119 Å². The molecule has 3 saturated heterocycles. The number of nitro benzene ring substituents is 1. The maximum atomic E-state index is 13.7. The van der Waals surface area contributed by atoms with Crippen LogP contribution < -0.4 is 14.4 Å². The second kappa shape index (κ2) is 8.21. The van der Waals surface area contributed by atoms with Crippen molar-refractivity contribution in [3.05, 3.63) is 58.1 Å². The molecule has 2 amide bonds. The SMILES string of the molecule is COc1ccc(C(=O)[C@H]2[C@H]3C(=O)N(c4cc([N+](=O)[O-])ccc4OC)C(=O)[C@H]3[C@@H]3CCCN32)cc1. The van der Waals surface area contributed by atoms with Crippen LogP contribution >= 0.6 is 0 Å². The van der Waals surface area contributed by atoms with Crippen molar-refractivity contribution in [2.45, 2.75) is 24.9 Å². The molecule has 0 saturated carbocycles.